The van der Waals surface area contributed by atoms with Crippen molar-refractivity contribution >= 4 is 28.8 Å². The molecule has 0 spiro atoms. The largest absolute Gasteiger partial charge is 0.362 e. The Morgan fingerprint density at radius 2 is 1.71 bits per heavy atom. The Morgan fingerprint density at radius 3 is 2.29 bits per heavy atom. The number of hydrogen-bond donors (Lipinski definition) is 1. The van der Waals surface area contributed by atoms with Crippen molar-refractivity contribution in [3.63, 3.8) is 0 Å². The molecule has 5 nitrogen and oxygen atoms in total. The first-order valence-corrected chi connectivity index (χ1v) is 6.41. The average Bonchev–Trinajstić information content (AvgIpc) is 2.49. The molecule has 2 aromatic rings. The molecule has 0 aliphatic rings. The molecule has 0 atom stereocenters. The van der Waals surface area contributed by atoms with E-state index in [2.05, 4.69) is 5.32 Å². The number of benzene rings is 2. The van der Waals surface area contributed by atoms with Gasteiger partial charge in [-0.15, -0.1) is 0 Å². The number of halogens is 1. The molecule has 0 fully saturated rings. The number of carbonyl (C=O) groups is 1. The molecule has 0 heterocycles. The zero-order valence-electron chi connectivity index (χ0n) is 10.8. The van der Waals surface area contributed by atoms with Gasteiger partial charge in [0.05, 0.1) is 4.92 Å². The van der Waals surface area contributed by atoms with Gasteiger partial charge in [-0.1, -0.05) is 11.6 Å². The number of nitrogens with one attached hydrogen (secondary N) is 1. The molecule has 0 unspecified atom stereocenters. The molecule has 21 heavy (non-hydrogen) atoms. The second-order valence-electron chi connectivity index (χ2n) is 4.15. The number of nitro groups is 1. The highest BCUT2D eigenvalue weighted by Crippen LogP contribution is 2.14. The minimum absolute atomic E-state index is 0.0465. The van der Waals surface area contributed by atoms with Crippen LogP contribution in [-0.4, -0.2) is 10.7 Å². The number of carbonyl (C=O) groups excluding carboxylic acids is 1. The molecular formula is C15H11ClN2O3. The molecule has 6 heteroatoms. The number of rotatable bonds is 5. The van der Waals surface area contributed by atoms with Crippen molar-refractivity contribution in [1.82, 2.24) is 0 Å². The van der Waals surface area contributed by atoms with Crippen LogP contribution < -0.4 is 5.32 Å². The SMILES string of the molecule is O=C(/C=C\Nc1ccc(Cl)cc1)c1ccc([N+](=O)[O-])cc1. The Kier molecular flexibility index (Phi) is 4.68. The molecule has 0 bridgehead atoms. The molecular weight excluding hydrogens is 292 g/mol. The van der Waals surface area contributed by atoms with E-state index in [0.29, 0.717) is 10.6 Å². The van der Waals surface area contributed by atoms with E-state index < -0.39 is 4.92 Å². The summed E-state index contributed by atoms with van der Waals surface area (Å²) in [6, 6.07) is 12.5. The van der Waals surface area contributed by atoms with Gasteiger partial charge >= 0.3 is 0 Å². The van der Waals surface area contributed by atoms with Crippen LogP contribution in [0.2, 0.25) is 5.02 Å². The summed E-state index contributed by atoms with van der Waals surface area (Å²) >= 11 is 5.76. The summed E-state index contributed by atoms with van der Waals surface area (Å²) < 4.78 is 0. The van der Waals surface area contributed by atoms with Gasteiger partial charge in [-0.3, -0.25) is 14.9 Å². The molecule has 0 aromatic heterocycles. The third kappa shape index (κ3) is 4.15. The summed E-state index contributed by atoms with van der Waals surface area (Å²) in [6.07, 6.45) is 2.86. The Labute approximate surface area is 126 Å². The lowest BCUT2D eigenvalue weighted by atomic mass is 10.1. The Morgan fingerprint density at radius 1 is 1.10 bits per heavy atom. The van der Waals surface area contributed by atoms with Crippen LogP contribution in [0.15, 0.2) is 60.8 Å². The first-order chi connectivity index (χ1) is 10.1. The lowest BCUT2D eigenvalue weighted by molar-refractivity contribution is -0.384. The van der Waals surface area contributed by atoms with Gasteiger partial charge in [-0.25, -0.2) is 0 Å². The molecule has 0 saturated carbocycles. The van der Waals surface area contributed by atoms with E-state index in [9.17, 15) is 14.9 Å². The molecule has 0 amide bonds. The van der Waals surface area contributed by atoms with Crippen molar-refractivity contribution in [3.8, 4) is 0 Å². The molecule has 2 rings (SSSR count). The van der Waals surface area contributed by atoms with Crippen molar-refractivity contribution in [2.45, 2.75) is 0 Å². The zero-order chi connectivity index (χ0) is 15.2. The fourth-order valence-corrected chi connectivity index (χ4v) is 1.73. The second kappa shape index (κ2) is 6.67. The van der Waals surface area contributed by atoms with Crippen LogP contribution in [0.5, 0.6) is 0 Å². The quantitative estimate of drug-likeness (QED) is 0.391. The van der Waals surface area contributed by atoms with E-state index in [1.807, 2.05) is 0 Å². The normalized spacial score (nSPS) is 10.5. The topological polar surface area (TPSA) is 72.2 Å². The maximum absolute atomic E-state index is 11.9. The van der Waals surface area contributed by atoms with Crippen LogP contribution in [0, 0.1) is 10.1 Å². The lowest BCUT2D eigenvalue weighted by Crippen LogP contribution is -1.97. The Bertz CT molecular complexity index is 679. The second-order valence-corrected chi connectivity index (χ2v) is 4.59. The summed E-state index contributed by atoms with van der Waals surface area (Å²) in [5.74, 6) is -0.244. The summed E-state index contributed by atoms with van der Waals surface area (Å²) in [6.45, 7) is 0. The smallest absolute Gasteiger partial charge is 0.269 e. The van der Waals surface area contributed by atoms with E-state index in [1.54, 1.807) is 24.3 Å². The van der Waals surface area contributed by atoms with Crippen LogP contribution in [0.25, 0.3) is 0 Å². The molecule has 0 saturated heterocycles. The van der Waals surface area contributed by atoms with E-state index >= 15 is 0 Å². The van der Waals surface area contributed by atoms with E-state index in [0.717, 1.165) is 5.69 Å². The number of non-ortho nitro benzene ring substituents is 1. The van der Waals surface area contributed by atoms with Crippen LogP contribution in [-0.2, 0) is 0 Å². The van der Waals surface area contributed by atoms with Crippen LogP contribution in [0.1, 0.15) is 10.4 Å². The third-order valence-electron chi connectivity index (χ3n) is 2.69. The zero-order valence-corrected chi connectivity index (χ0v) is 11.6. The van der Waals surface area contributed by atoms with Crippen LogP contribution >= 0.6 is 11.6 Å². The highest BCUT2D eigenvalue weighted by atomic mass is 35.5. The van der Waals surface area contributed by atoms with Gasteiger partial charge in [0.25, 0.3) is 5.69 Å². The van der Waals surface area contributed by atoms with E-state index in [-0.39, 0.29) is 11.5 Å². The Hall–Kier alpha value is -2.66. The fourth-order valence-electron chi connectivity index (χ4n) is 1.60. The molecule has 2 aromatic carbocycles. The van der Waals surface area contributed by atoms with E-state index in [1.165, 1.54) is 36.5 Å². The minimum atomic E-state index is -0.508. The fraction of sp³-hybridized carbons (Fsp3) is 0. The van der Waals surface area contributed by atoms with Crippen molar-refractivity contribution < 1.29 is 9.72 Å². The number of nitro benzene ring substituents is 1. The van der Waals surface area contributed by atoms with Gasteiger partial charge in [0.2, 0.25) is 0 Å². The number of ketones is 1. The molecule has 106 valence electrons. The standard InChI is InChI=1S/C15H11ClN2O3/c16-12-3-5-13(6-4-12)17-10-9-15(19)11-1-7-14(8-2-11)18(20)21/h1-10,17H/b10-9-. The maximum Gasteiger partial charge on any atom is 0.269 e. The minimum Gasteiger partial charge on any atom is -0.362 e. The first kappa shape index (κ1) is 14.7. The van der Waals surface area contributed by atoms with Gasteiger partial charge in [0.1, 0.15) is 0 Å². The summed E-state index contributed by atoms with van der Waals surface area (Å²) in [7, 11) is 0. The van der Waals surface area contributed by atoms with Crippen molar-refractivity contribution in [2.75, 3.05) is 5.32 Å². The molecule has 0 radical (unpaired) electrons. The average molecular weight is 303 g/mol. The van der Waals surface area contributed by atoms with Crippen LogP contribution in [0.4, 0.5) is 11.4 Å². The highest BCUT2D eigenvalue weighted by Gasteiger charge is 2.06. The molecule has 0 aliphatic carbocycles. The molecule has 0 aliphatic heterocycles. The van der Waals surface area contributed by atoms with E-state index in [4.69, 9.17) is 11.6 Å². The predicted octanol–water partition coefficient (Wildman–Crippen LogP) is 4.06. The van der Waals surface area contributed by atoms with Crippen molar-refractivity contribution in [3.05, 3.63) is 81.5 Å². The van der Waals surface area contributed by atoms with Gasteiger partial charge in [-0.2, -0.15) is 0 Å². The third-order valence-corrected chi connectivity index (χ3v) is 2.94. The van der Waals surface area contributed by atoms with Gasteiger partial charge in [0, 0.05) is 40.7 Å². The van der Waals surface area contributed by atoms with Crippen molar-refractivity contribution in [2.24, 2.45) is 0 Å². The first-order valence-electron chi connectivity index (χ1n) is 6.04. The van der Waals surface area contributed by atoms with Gasteiger partial charge < -0.3 is 5.32 Å². The number of hydrogen-bond acceptors (Lipinski definition) is 4. The van der Waals surface area contributed by atoms with Crippen molar-refractivity contribution in [1.29, 1.82) is 0 Å². The van der Waals surface area contributed by atoms with Gasteiger partial charge in [0.15, 0.2) is 5.78 Å². The highest BCUT2D eigenvalue weighted by molar-refractivity contribution is 6.30. The number of nitrogens with zero attached hydrogens (tertiary/aromatic N) is 1. The monoisotopic (exact) mass is 302 g/mol. The predicted molar refractivity (Wildman–Crippen MR) is 81.6 cm³/mol. The lowest BCUT2D eigenvalue weighted by Gasteiger charge is -2.00. The number of allylic oxidation sites excluding steroid dienone is 1. The Balaban J connectivity index is 1.98. The summed E-state index contributed by atoms with van der Waals surface area (Å²) in [5, 5.41) is 14.1. The maximum atomic E-state index is 11.9. The van der Waals surface area contributed by atoms with Crippen LogP contribution in [0.3, 0.4) is 0 Å². The van der Waals surface area contributed by atoms with Gasteiger partial charge in [-0.05, 0) is 36.4 Å². The summed E-state index contributed by atoms with van der Waals surface area (Å²) in [5.41, 5.74) is 1.14. The molecule has 1 N–H and O–H groups in total. The summed E-state index contributed by atoms with van der Waals surface area (Å²) in [4.78, 5) is 21.9. The number of anilines is 1.